The van der Waals surface area contributed by atoms with E-state index in [0.29, 0.717) is 35.8 Å². The second kappa shape index (κ2) is 10.5. The van der Waals surface area contributed by atoms with Gasteiger partial charge in [0, 0.05) is 11.1 Å². The summed E-state index contributed by atoms with van der Waals surface area (Å²) in [6.45, 7) is 0.701. The molecule has 3 aromatic carbocycles. The lowest BCUT2D eigenvalue weighted by atomic mass is 10.2. The molecule has 7 nitrogen and oxygen atoms in total. The first-order chi connectivity index (χ1) is 14.7. The van der Waals surface area contributed by atoms with Crippen molar-refractivity contribution in [3.05, 3.63) is 90.0 Å². The number of ether oxygens (including phenoxy) is 3. The Labute approximate surface area is 174 Å². The van der Waals surface area contributed by atoms with Crippen molar-refractivity contribution in [1.82, 2.24) is 10.9 Å². The van der Waals surface area contributed by atoms with Gasteiger partial charge in [0.15, 0.2) is 0 Å². The SMILES string of the molecule is COc1ccc(C(=O)NNC(=O)c2cccc(OCCOc3ccccc3)c2)cc1. The van der Waals surface area contributed by atoms with E-state index in [-0.39, 0.29) is 0 Å². The number of hydrogen-bond donors (Lipinski definition) is 2. The van der Waals surface area contributed by atoms with E-state index in [0.717, 1.165) is 5.75 Å². The number of rotatable bonds is 8. The van der Waals surface area contributed by atoms with Crippen LogP contribution in [0.4, 0.5) is 0 Å². The Bertz CT molecular complexity index is 974. The summed E-state index contributed by atoms with van der Waals surface area (Å²) in [6, 6.07) is 22.6. The molecule has 0 aliphatic heterocycles. The van der Waals surface area contributed by atoms with E-state index in [4.69, 9.17) is 14.2 Å². The third-order valence-corrected chi connectivity index (χ3v) is 4.10. The zero-order chi connectivity index (χ0) is 21.2. The highest BCUT2D eigenvalue weighted by Gasteiger charge is 2.10. The molecule has 2 N–H and O–H groups in total. The first-order valence-corrected chi connectivity index (χ1v) is 9.31. The van der Waals surface area contributed by atoms with E-state index >= 15 is 0 Å². The summed E-state index contributed by atoms with van der Waals surface area (Å²) >= 11 is 0. The molecule has 0 fully saturated rings. The van der Waals surface area contributed by atoms with Crippen molar-refractivity contribution < 1.29 is 23.8 Å². The minimum absolute atomic E-state index is 0.328. The van der Waals surface area contributed by atoms with Crippen LogP contribution in [0.3, 0.4) is 0 Å². The Hall–Kier alpha value is -4.00. The molecule has 3 aromatic rings. The summed E-state index contributed by atoms with van der Waals surface area (Å²) in [5.41, 5.74) is 5.52. The number of carbonyl (C=O) groups excluding carboxylic acids is 2. The van der Waals surface area contributed by atoms with Gasteiger partial charge in [0.05, 0.1) is 7.11 Å². The summed E-state index contributed by atoms with van der Waals surface area (Å²) < 4.78 is 16.3. The Morgan fingerprint density at radius 3 is 1.93 bits per heavy atom. The number of benzene rings is 3. The maximum atomic E-state index is 12.3. The number of hydrogen-bond acceptors (Lipinski definition) is 5. The van der Waals surface area contributed by atoms with E-state index in [1.165, 1.54) is 0 Å². The predicted octanol–water partition coefficient (Wildman–Crippen LogP) is 3.23. The van der Waals surface area contributed by atoms with Crippen molar-refractivity contribution in [3.8, 4) is 17.2 Å². The van der Waals surface area contributed by atoms with Gasteiger partial charge in [-0.1, -0.05) is 24.3 Å². The Balaban J connectivity index is 1.46. The van der Waals surface area contributed by atoms with Crippen LogP contribution in [0, 0.1) is 0 Å². The van der Waals surface area contributed by atoms with Crippen LogP contribution in [-0.2, 0) is 0 Å². The average Bonchev–Trinajstić information content (AvgIpc) is 2.81. The van der Waals surface area contributed by atoms with Crippen LogP contribution in [0.15, 0.2) is 78.9 Å². The summed E-state index contributed by atoms with van der Waals surface area (Å²) in [4.78, 5) is 24.5. The van der Waals surface area contributed by atoms with E-state index in [9.17, 15) is 9.59 Å². The fourth-order valence-electron chi connectivity index (χ4n) is 2.56. The first-order valence-electron chi connectivity index (χ1n) is 9.31. The maximum absolute atomic E-state index is 12.3. The summed E-state index contributed by atoms with van der Waals surface area (Å²) in [5, 5.41) is 0. The summed E-state index contributed by atoms with van der Waals surface area (Å²) in [7, 11) is 1.55. The topological polar surface area (TPSA) is 85.9 Å². The van der Waals surface area contributed by atoms with Gasteiger partial charge in [0.1, 0.15) is 30.5 Å². The van der Waals surface area contributed by atoms with E-state index in [2.05, 4.69) is 10.9 Å². The lowest BCUT2D eigenvalue weighted by Gasteiger charge is -2.10. The lowest BCUT2D eigenvalue weighted by Crippen LogP contribution is -2.41. The highest BCUT2D eigenvalue weighted by atomic mass is 16.5. The van der Waals surface area contributed by atoms with Crippen LogP contribution in [0.1, 0.15) is 20.7 Å². The summed E-state index contributed by atoms with van der Waals surface area (Å²) in [5.74, 6) is 1.04. The second-order valence-electron chi connectivity index (χ2n) is 6.17. The van der Waals surface area contributed by atoms with E-state index in [1.54, 1.807) is 55.6 Å². The molecule has 0 aliphatic rings. The number of carbonyl (C=O) groups is 2. The molecule has 0 aliphatic carbocycles. The van der Waals surface area contributed by atoms with E-state index < -0.39 is 11.8 Å². The average molecular weight is 406 g/mol. The molecule has 154 valence electrons. The zero-order valence-electron chi connectivity index (χ0n) is 16.5. The predicted molar refractivity (Wildman–Crippen MR) is 112 cm³/mol. The van der Waals surface area contributed by atoms with Gasteiger partial charge in [0.2, 0.25) is 0 Å². The largest absolute Gasteiger partial charge is 0.497 e. The van der Waals surface area contributed by atoms with Gasteiger partial charge >= 0.3 is 0 Å². The highest BCUT2D eigenvalue weighted by molar-refractivity contribution is 5.99. The van der Waals surface area contributed by atoms with Crippen molar-refractivity contribution >= 4 is 11.8 Å². The Kier molecular flexibility index (Phi) is 7.27. The van der Waals surface area contributed by atoms with Gasteiger partial charge in [-0.3, -0.25) is 20.4 Å². The van der Waals surface area contributed by atoms with Crippen LogP contribution < -0.4 is 25.1 Å². The van der Waals surface area contributed by atoms with Crippen molar-refractivity contribution in [2.45, 2.75) is 0 Å². The number of methoxy groups -OCH3 is 1. The van der Waals surface area contributed by atoms with Crippen molar-refractivity contribution in [2.75, 3.05) is 20.3 Å². The van der Waals surface area contributed by atoms with Gasteiger partial charge in [-0.15, -0.1) is 0 Å². The molecule has 7 heteroatoms. The fraction of sp³-hybridized carbons (Fsp3) is 0.130. The zero-order valence-corrected chi connectivity index (χ0v) is 16.5. The van der Waals surface area contributed by atoms with Crippen LogP contribution in [0.2, 0.25) is 0 Å². The normalized spacial score (nSPS) is 10.0. The number of hydrazine groups is 1. The quantitative estimate of drug-likeness (QED) is 0.443. The first kappa shape index (κ1) is 20.7. The molecule has 2 amide bonds. The standard InChI is InChI=1S/C23H22N2O5/c1-28-19-12-10-17(11-13-19)22(26)24-25-23(27)18-6-5-9-21(16-18)30-15-14-29-20-7-3-2-4-8-20/h2-13,16H,14-15H2,1H3,(H,24,26)(H,25,27). The third kappa shape index (κ3) is 6.00. The van der Waals surface area contributed by atoms with Crippen molar-refractivity contribution in [2.24, 2.45) is 0 Å². The lowest BCUT2D eigenvalue weighted by molar-refractivity contribution is 0.0846. The van der Waals surface area contributed by atoms with Crippen LogP contribution >= 0.6 is 0 Å². The molecule has 0 aromatic heterocycles. The smallest absolute Gasteiger partial charge is 0.269 e. The van der Waals surface area contributed by atoms with Crippen molar-refractivity contribution in [3.63, 3.8) is 0 Å². The molecule has 0 atom stereocenters. The minimum atomic E-state index is -0.456. The molecule has 0 saturated heterocycles. The van der Waals surface area contributed by atoms with Crippen LogP contribution in [-0.4, -0.2) is 32.1 Å². The van der Waals surface area contributed by atoms with Gasteiger partial charge < -0.3 is 14.2 Å². The van der Waals surface area contributed by atoms with Crippen LogP contribution in [0.25, 0.3) is 0 Å². The van der Waals surface area contributed by atoms with Gasteiger partial charge in [-0.2, -0.15) is 0 Å². The second-order valence-corrected chi connectivity index (χ2v) is 6.17. The number of para-hydroxylation sites is 1. The van der Waals surface area contributed by atoms with Gasteiger partial charge in [-0.25, -0.2) is 0 Å². The summed E-state index contributed by atoms with van der Waals surface area (Å²) in [6.07, 6.45) is 0. The molecule has 0 radical (unpaired) electrons. The molecule has 0 heterocycles. The Morgan fingerprint density at radius 1 is 0.667 bits per heavy atom. The number of nitrogens with one attached hydrogen (secondary N) is 2. The molecule has 0 saturated carbocycles. The fourth-order valence-corrected chi connectivity index (χ4v) is 2.56. The molecule has 30 heavy (non-hydrogen) atoms. The molecule has 0 spiro atoms. The molecular weight excluding hydrogens is 384 g/mol. The number of amides is 2. The molecule has 0 bridgehead atoms. The molecular formula is C23H22N2O5. The van der Waals surface area contributed by atoms with Gasteiger partial charge in [0.25, 0.3) is 11.8 Å². The van der Waals surface area contributed by atoms with Crippen LogP contribution in [0.5, 0.6) is 17.2 Å². The molecule has 3 rings (SSSR count). The maximum Gasteiger partial charge on any atom is 0.269 e. The molecule has 0 unspecified atom stereocenters. The minimum Gasteiger partial charge on any atom is -0.497 e. The third-order valence-electron chi connectivity index (χ3n) is 4.10. The van der Waals surface area contributed by atoms with Gasteiger partial charge in [-0.05, 0) is 54.6 Å². The highest BCUT2D eigenvalue weighted by Crippen LogP contribution is 2.14. The van der Waals surface area contributed by atoms with Crippen molar-refractivity contribution in [1.29, 1.82) is 0 Å². The monoisotopic (exact) mass is 406 g/mol. The van der Waals surface area contributed by atoms with E-state index in [1.807, 2.05) is 30.3 Å². The Morgan fingerprint density at radius 2 is 1.27 bits per heavy atom.